The summed E-state index contributed by atoms with van der Waals surface area (Å²) in [5.74, 6) is 1.72. The van der Waals surface area contributed by atoms with Crippen molar-refractivity contribution in [3.8, 4) is 11.5 Å². The highest BCUT2D eigenvalue weighted by Crippen LogP contribution is 2.21. The van der Waals surface area contributed by atoms with Gasteiger partial charge in [0.15, 0.2) is 5.76 Å². The lowest BCUT2D eigenvalue weighted by Crippen LogP contribution is -1.90. The molecule has 0 spiro atoms. The Morgan fingerprint density at radius 1 is 0.864 bits per heavy atom. The van der Waals surface area contributed by atoms with Gasteiger partial charge in [-0.15, -0.1) is 0 Å². The lowest BCUT2D eigenvalue weighted by molar-refractivity contribution is 0.102. The van der Waals surface area contributed by atoms with Crippen molar-refractivity contribution in [1.29, 1.82) is 0 Å². The van der Waals surface area contributed by atoms with Gasteiger partial charge in [-0.3, -0.25) is 4.79 Å². The highest BCUT2D eigenvalue weighted by molar-refractivity contribution is 6.04. The zero-order valence-electron chi connectivity index (χ0n) is 11.8. The first kappa shape index (κ1) is 13.9. The molecule has 3 rings (SSSR count). The molecule has 108 valence electrons. The minimum absolute atomic E-state index is 0.158. The minimum atomic E-state index is -0.158. The Labute approximate surface area is 128 Å². The van der Waals surface area contributed by atoms with Crippen molar-refractivity contribution in [2.45, 2.75) is 0 Å². The van der Waals surface area contributed by atoms with Gasteiger partial charge in [0.2, 0.25) is 5.78 Å². The number of carbonyl (C=O) groups is 1. The Hall–Kier alpha value is -3.07. The lowest BCUT2D eigenvalue weighted by atomic mass is 10.2. The molecule has 0 unspecified atom stereocenters. The van der Waals surface area contributed by atoms with E-state index in [1.165, 1.54) is 12.3 Å². The second-order valence-corrected chi connectivity index (χ2v) is 4.66. The van der Waals surface area contributed by atoms with Crippen LogP contribution in [0.15, 0.2) is 83.5 Å². The third-order valence-corrected chi connectivity index (χ3v) is 3.05. The van der Waals surface area contributed by atoms with Crippen molar-refractivity contribution in [3.63, 3.8) is 0 Å². The number of hydrogen-bond acceptors (Lipinski definition) is 3. The smallest absolute Gasteiger partial charge is 0.221 e. The standard InChI is InChI=1S/C19H14O3/c20-18(19-7-4-14-21-19)13-10-15-8-11-17(12-9-15)22-16-5-2-1-3-6-16/h1-14H. The van der Waals surface area contributed by atoms with Crippen LogP contribution in [0.5, 0.6) is 11.5 Å². The van der Waals surface area contributed by atoms with E-state index in [1.807, 2.05) is 54.6 Å². The largest absolute Gasteiger partial charge is 0.461 e. The minimum Gasteiger partial charge on any atom is -0.461 e. The monoisotopic (exact) mass is 290 g/mol. The fourth-order valence-corrected chi connectivity index (χ4v) is 1.94. The number of furan rings is 1. The molecule has 0 aliphatic carbocycles. The molecule has 3 heteroatoms. The fourth-order valence-electron chi connectivity index (χ4n) is 1.94. The molecule has 0 aliphatic rings. The topological polar surface area (TPSA) is 39.4 Å². The first-order valence-electron chi connectivity index (χ1n) is 6.90. The third-order valence-electron chi connectivity index (χ3n) is 3.05. The van der Waals surface area contributed by atoms with Crippen LogP contribution >= 0.6 is 0 Å². The second-order valence-electron chi connectivity index (χ2n) is 4.66. The summed E-state index contributed by atoms with van der Waals surface area (Å²) < 4.78 is 10.8. The number of ether oxygens (including phenoxy) is 1. The Kier molecular flexibility index (Phi) is 4.16. The summed E-state index contributed by atoms with van der Waals surface area (Å²) in [5.41, 5.74) is 0.917. The van der Waals surface area contributed by atoms with E-state index in [9.17, 15) is 4.79 Å². The van der Waals surface area contributed by atoms with Gasteiger partial charge in [-0.25, -0.2) is 0 Å². The Morgan fingerprint density at radius 2 is 1.59 bits per heavy atom. The maximum absolute atomic E-state index is 11.8. The van der Waals surface area contributed by atoms with Crippen LogP contribution in [-0.2, 0) is 0 Å². The van der Waals surface area contributed by atoms with E-state index < -0.39 is 0 Å². The molecule has 2 aromatic carbocycles. The highest BCUT2D eigenvalue weighted by atomic mass is 16.5. The van der Waals surface area contributed by atoms with Crippen LogP contribution in [0.4, 0.5) is 0 Å². The summed E-state index contributed by atoms with van der Waals surface area (Å²) in [6.07, 6.45) is 4.72. The van der Waals surface area contributed by atoms with Gasteiger partial charge < -0.3 is 9.15 Å². The zero-order valence-corrected chi connectivity index (χ0v) is 11.8. The predicted molar refractivity (Wildman–Crippen MR) is 85.0 cm³/mol. The molecule has 0 radical (unpaired) electrons. The van der Waals surface area contributed by atoms with E-state index >= 15 is 0 Å². The van der Waals surface area contributed by atoms with Crippen LogP contribution in [0.1, 0.15) is 16.1 Å². The molecule has 0 bridgehead atoms. The molecule has 3 nitrogen and oxygen atoms in total. The van der Waals surface area contributed by atoms with Gasteiger partial charge in [0.25, 0.3) is 0 Å². The van der Waals surface area contributed by atoms with Gasteiger partial charge in [0.05, 0.1) is 6.26 Å². The summed E-state index contributed by atoms with van der Waals surface area (Å²) in [5, 5.41) is 0. The summed E-state index contributed by atoms with van der Waals surface area (Å²) in [7, 11) is 0. The number of ketones is 1. The average Bonchev–Trinajstić information content (AvgIpc) is 3.09. The SMILES string of the molecule is O=C(C=Cc1ccc(Oc2ccccc2)cc1)c1ccco1. The molecular formula is C19H14O3. The maximum atomic E-state index is 11.8. The second kappa shape index (κ2) is 6.59. The van der Waals surface area contributed by atoms with Gasteiger partial charge in [0, 0.05) is 0 Å². The van der Waals surface area contributed by atoms with Crippen molar-refractivity contribution in [2.75, 3.05) is 0 Å². The van der Waals surface area contributed by atoms with Crippen molar-refractivity contribution in [2.24, 2.45) is 0 Å². The number of hydrogen-bond donors (Lipinski definition) is 0. The molecule has 3 aromatic rings. The van der Waals surface area contributed by atoms with E-state index in [0.29, 0.717) is 5.76 Å². The van der Waals surface area contributed by atoms with Gasteiger partial charge in [-0.05, 0) is 48.0 Å². The molecule has 1 aromatic heterocycles. The Morgan fingerprint density at radius 3 is 2.27 bits per heavy atom. The van der Waals surface area contributed by atoms with Gasteiger partial charge in [-0.1, -0.05) is 36.4 Å². The first-order chi connectivity index (χ1) is 10.8. The van der Waals surface area contributed by atoms with E-state index in [0.717, 1.165) is 17.1 Å². The molecule has 22 heavy (non-hydrogen) atoms. The molecule has 1 heterocycles. The predicted octanol–water partition coefficient (Wildman–Crippen LogP) is 4.97. The highest BCUT2D eigenvalue weighted by Gasteiger charge is 2.03. The van der Waals surface area contributed by atoms with Crippen LogP contribution in [0, 0.1) is 0 Å². The van der Waals surface area contributed by atoms with Crippen molar-refractivity contribution < 1.29 is 13.9 Å². The number of para-hydroxylation sites is 1. The van der Waals surface area contributed by atoms with E-state index in [4.69, 9.17) is 9.15 Å². The Bertz CT molecular complexity index is 754. The lowest BCUT2D eigenvalue weighted by Gasteiger charge is -2.05. The molecule has 0 saturated carbocycles. The fraction of sp³-hybridized carbons (Fsp3) is 0. The summed E-state index contributed by atoms with van der Waals surface area (Å²) >= 11 is 0. The van der Waals surface area contributed by atoms with Crippen molar-refractivity contribution in [1.82, 2.24) is 0 Å². The molecular weight excluding hydrogens is 276 g/mol. The van der Waals surface area contributed by atoms with E-state index in [2.05, 4.69) is 0 Å². The summed E-state index contributed by atoms with van der Waals surface area (Å²) in [6.45, 7) is 0. The first-order valence-corrected chi connectivity index (χ1v) is 6.90. The number of carbonyl (C=O) groups excluding carboxylic acids is 1. The van der Waals surface area contributed by atoms with Crippen molar-refractivity contribution >= 4 is 11.9 Å². The van der Waals surface area contributed by atoms with Crippen LogP contribution in [0.25, 0.3) is 6.08 Å². The number of rotatable bonds is 5. The summed E-state index contributed by atoms with van der Waals surface area (Å²) in [6, 6.07) is 20.4. The van der Waals surface area contributed by atoms with Crippen LogP contribution < -0.4 is 4.74 Å². The molecule has 0 atom stereocenters. The maximum Gasteiger partial charge on any atom is 0.221 e. The van der Waals surface area contributed by atoms with Gasteiger partial charge in [0.1, 0.15) is 11.5 Å². The average molecular weight is 290 g/mol. The van der Waals surface area contributed by atoms with Crippen LogP contribution in [0.2, 0.25) is 0 Å². The van der Waals surface area contributed by atoms with Crippen LogP contribution in [0.3, 0.4) is 0 Å². The zero-order chi connectivity index (χ0) is 15.2. The van der Waals surface area contributed by atoms with Crippen molar-refractivity contribution in [3.05, 3.63) is 90.4 Å². The molecule has 0 aliphatic heterocycles. The molecule has 0 amide bonds. The van der Waals surface area contributed by atoms with Crippen LogP contribution in [-0.4, -0.2) is 5.78 Å². The van der Waals surface area contributed by atoms with E-state index in [1.54, 1.807) is 18.2 Å². The molecule has 0 fully saturated rings. The van der Waals surface area contributed by atoms with Gasteiger partial charge in [-0.2, -0.15) is 0 Å². The normalized spacial score (nSPS) is 10.7. The number of benzene rings is 2. The molecule has 0 N–H and O–H groups in total. The van der Waals surface area contributed by atoms with E-state index in [-0.39, 0.29) is 5.78 Å². The number of allylic oxidation sites excluding steroid dienone is 1. The Balaban J connectivity index is 1.65. The quantitative estimate of drug-likeness (QED) is 0.492. The molecule has 0 saturated heterocycles. The van der Waals surface area contributed by atoms with Gasteiger partial charge >= 0.3 is 0 Å². The summed E-state index contributed by atoms with van der Waals surface area (Å²) in [4.78, 5) is 11.8. The third kappa shape index (κ3) is 3.52.